The molecule has 0 unspecified atom stereocenters. The molecular weight excluding hydrogens is 672 g/mol. The summed E-state index contributed by atoms with van der Waals surface area (Å²) in [6.07, 6.45) is 12.0. The van der Waals surface area contributed by atoms with Crippen molar-refractivity contribution in [2.45, 2.75) is 115 Å². The van der Waals surface area contributed by atoms with E-state index in [2.05, 4.69) is 45.9 Å². The Kier molecular flexibility index (Phi) is 10.6. The molecule has 5 fully saturated rings. The minimum atomic E-state index is -0.330. The molecule has 4 aliphatic carbocycles. The third-order valence-electron chi connectivity index (χ3n) is 12.5. The topological polar surface area (TPSA) is 127 Å². The van der Waals surface area contributed by atoms with E-state index in [1.807, 2.05) is 17.0 Å². The lowest BCUT2D eigenvalue weighted by atomic mass is 9.51. The van der Waals surface area contributed by atoms with E-state index in [0.29, 0.717) is 57.0 Å². The van der Waals surface area contributed by atoms with Crippen molar-refractivity contribution in [3.8, 4) is 17.0 Å². The van der Waals surface area contributed by atoms with E-state index in [1.165, 1.54) is 11.1 Å². The molecule has 1 aliphatic heterocycles. The van der Waals surface area contributed by atoms with Crippen LogP contribution >= 0.6 is 0 Å². The first-order chi connectivity index (χ1) is 25.4. The third-order valence-corrected chi connectivity index (χ3v) is 12.5. The molecule has 53 heavy (non-hydrogen) atoms. The number of carbonyl (C=O) groups excluding carboxylic acids is 2. The number of fused-ring (bicyclic) bond motifs is 3. The van der Waals surface area contributed by atoms with Crippen LogP contribution in [0.25, 0.3) is 11.3 Å². The fourth-order valence-corrected chi connectivity index (χ4v) is 9.00. The molecule has 1 N–H and O–H groups in total. The number of benzene rings is 1. The highest BCUT2D eigenvalue weighted by Gasteiger charge is 2.51. The van der Waals surface area contributed by atoms with Crippen molar-refractivity contribution < 1.29 is 33.3 Å². The number of amides is 2. The van der Waals surface area contributed by atoms with E-state index in [1.54, 1.807) is 24.5 Å². The average Bonchev–Trinajstić information content (AvgIpc) is 3.66. The SMILES string of the molecule is COc1ccc(C23CCC(CN(C(=O)C4CCC(OC(=O)N5CC(OCCO)C5)CC4)c4cc(-c5coc(C(C)(C)C)n5)ccn4)(CC2)CC3)cc1C. The molecule has 0 radical (unpaired) electrons. The first-order valence-corrected chi connectivity index (χ1v) is 19.5. The van der Waals surface area contributed by atoms with Crippen molar-refractivity contribution in [3.63, 3.8) is 0 Å². The van der Waals surface area contributed by atoms with E-state index in [4.69, 9.17) is 33.7 Å². The quantitative estimate of drug-likeness (QED) is 0.215. The number of aryl methyl sites for hydroxylation is 1. The number of carbonyl (C=O) groups is 2. The normalized spacial score (nSPS) is 25.9. The van der Waals surface area contributed by atoms with Gasteiger partial charge in [-0.2, -0.15) is 0 Å². The summed E-state index contributed by atoms with van der Waals surface area (Å²) in [5.74, 6) is 2.17. The van der Waals surface area contributed by atoms with E-state index >= 15 is 0 Å². The van der Waals surface area contributed by atoms with Crippen molar-refractivity contribution >= 4 is 17.8 Å². The molecule has 1 aromatic carbocycles. The first kappa shape index (κ1) is 37.4. The maximum atomic E-state index is 14.7. The molecule has 11 nitrogen and oxygen atoms in total. The molecule has 5 aliphatic rings. The minimum absolute atomic E-state index is 0.0204. The summed E-state index contributed by atoms with van der Waals surface area (Å²) >= 11 is 0. The van der Waals surface area contributed by atoms with Crippen molar-refractivity contribution in [1.29, 1.82) is 0 Å². The monoisotopic (exact) mass is 728 g/mol. The highest BCUT2D eigenvalue weighted by atomic mass is 16.6. The van der Waals surface area contributed by atoms with Crippen LogP contribution in [0.5, 0.6) is 5.75 Å². The Morgan fingerprint density at radius 1 is 1.00 bits per heavy atom. The Morgan fingerprint density at radius 3 is 2.34 bits per heavy atom. The highest BCUT2D eigenvalue weighted by Crippen LogP contribution is 2.58. The molecule has 3 aromatic rings. The van der Waals surface area contributed by atoms with Gasteiger partial charge < -0.3 is 28.6 Å². The Bertz CT molecular complexity index is 1740. The van der Waals surface area contributed by atoms with Gasteiger partial charge in [0.2, 0.25) is 5.91 Å². The second kappa shape index (κ2) is 15.1. The van der Waals surface area contributed by atoms with Crippen LogP contribution in [0.4, 0.5) is 10.6 Å². The fraction of sp³-hybridized carbons (Fsp3) is 0.619. The van der Waals surface area contributed by atoms with Gasteiger partial charge in [-0.25, -0.2) is 14.8 Å². The average molecular weight is 729 g/mol. The van der Waals surface area contributed by atoms with Gasteiger partial charge in [0, 0.05) is 29.6 Å². The summed E-state index contributed by atoms with van der Waals surface area (Å²) in [7, 11) is 1.73. The fourth-order valence-electron chi connectivity index (χ4n) is 9.00. The zero-order valence-electron chi connectivity index (χ0n) is 32.1. The van der Waals surface area contributed by atoms with E-state index in [-0.39, 0.29) is 59.6 Å². The second-order valence-electron chi connectivity index (χ2n) is 17.1. The number of methoxy groups -OCH3 is 1. The molecule has 3 heterocycles. The second-order valence-corrected chi connectivity index (χ2v) is 17.1. The van der Waals surface area contributed by atoms with Gasteiger partial charge in [0.05, 0.1) is 39.5 Å². The lowest BCUT2D eigenvalue weighted by Gasteiger charge is -2.55. The Morgan fingerprint density at radius 2 is 1.72 bits per heavy atom. The number of aromatic nitrogens is 2. The molecule has 4 saturated carbocycles. The van der Waals surface area contributed by atoms with Gasteiger partial charge in [-0.1, -0.05) is 32.9 Å². The molecule has 8 rings (SSSR count). The Balaban J connectivity index is 1.06. The van der Waals surface area contributed by atoms with Gasteiger partial charge in [0.15, 0.2) is 5.89 Å². The molecule has 286 valence electrons. The summed E-state index contributed by atoms with van der Waals surface area (Å²) in [6, 6.07) is 10.6. The number of rotatable bonds is 11. The highest BCUT2D eigenvalue weighted by molar-refractivity contribution is 5.95. The Hall–Kier alpha value is -3.96. The minimum Gasteiger partial charge on any atom is -0.496 e. The van der Waals surface area contributed by atoms with Crippen LogP contribution in [-0.4, -0.2) is 84.1 Å². The number of hydrogen-bond donors (Lipinski definition) is 1. The molecule has 0 spiro atoms. The number of pyridine rings is 1. The summed E-state index contributed by atoms with van der Waals surface area (Å²) in [5, 5.41) is 8.98. The molecule has 0 atom stereocenters. The van der Waals surface area contributed by atoms with Gasteiger partial charge in [0.1, 0.15) is 29.6 Å². The van der Waals surface area contributed by atoms with Crippen LogP contribution in [0.3, 0.4) is 0 Å². The van der Waals surface area contributed by atoms with Crippen molar-refractivity contribution in [2.24, 2.45) is 11.3 Å². The number of anilines is 1. The van der Waals surface area contributed by atoms with Crippen LogP contribution < -0.4 is 9.64 Å². The van der Waals surface area contributed by atoms with Gasteiger partial charge in [-0.15, -0.1) is 0 Å². The summed E-state index contributed by atoms with van der Waals surface area (Å²) in [5.41, 5.74) is 4.15. The largest absolute Gasteiger partial charge is 0.496 e. The van der Waals surface area contributed by atoms with Gasteiger partial charge in [-0.05, 0) is 111 Å². The smallest absolute Gasteiger partial charge is 0.410 e. The predicted molar refractivity (Wildman–Crippen MR) is 201 cm³/mol. The summed E-state index contributed by atoms with van der Waals surface area (Å²) < 4.78 is 22.8. The summed E-state index contributed by atoms with van der Waals surface area (Å²) in [4.78, 5) is 40.7. The molecule has 2 aromatic heterocycles. The standard InChI is InChI=1S/C42H56N4O7/c1-28-22-31(8-11-35(28)50-5)42-16-13-41(14-17-42,15-18-42)27-46(36-23-30(12-19-43-36)34-26-52-38(44-34)40(2,3)4)37(48)29-6-9-32(10-7-29)53-39(49)45-24-33(25-45)51-21-20-47/h8,11-12,19,22-23,26,29,32-33,47H,6-7,9-10,13-18,20-21,24-25,27H2,1-5H3. The lowest BCUT2D eigenvalue weighted by molar-refractivity contribution is -0.125. The van der Waals surface area contributed by atoms with E-state index in [0.717, 1.165) is 55.5 Å². The molecular formula is C42H56N4O7. The number of likely N-dealkylation sites (tertiary alicyclic amines) is 1. The van der Waals surface area contributed by atoms with Crippen LogP contribution in [0.15, 0.2) is 47.2 Å². The van der Waals surface area contributed by atoms with Crippen LogP contribution in [0, 0.1) is 18.3 Å². The molecule has 11 heteroatoms. The van der Waals surface area contributed by atoms with Crippen molar-refractivity contribution in [1.82, 2.24) is 14.9 Å². The molecule has 2 amide bonds. The van der Waals surface area contributed by atoms with Crippen molar-refractivity contribution in [3.05, 3.63) is 59.8 Å². The molecule has 1 saturated heterocycles. The van der Waals surface area contributed by atoms with Crippen LogP contribution in [-0.2, 0) is 25.1 Å². The first-order valence-electron chi connectivity index (χ1n) is 19.5. The van der Waals surface area contributed by atoms with Gasteiger partial charge in [0.25, 0.3) is 0 Å². The van der Waals surface area contributed by atoms with E-state index < -0.39 is 0 Å². The van der Waals surface area contributed by atoms with E-state index in [9.17, 15) is 9.59 Å². The predicted octanol–water partition coefficient (Wildman–Crippen LogP) is 7.36. The number of ether oxygens (including phenoxy) is 3. The lowest BCUT2D eigenvalue weighted by Crippen LogP contribution is -2.55. The maximum Gasteiger partial charge on any atom is 0.410 e. The Labute approximate surface area is 313 Å². The number of aliphatic hydroxyl groups excluding tert-OH is 1. The van der Waals surface area contributed by atoms with Gasteiger partial charge in [-0.3, -0.25) is 9.69 Å². The number of aliphatic hydroxyl groups is 1. The molecule has 2 bridgehead atoms. The number of nitrogens with zero attached hydrogens (tertiary/aromatic N) is 4. The van der Waals surface area contributed by atoms with Crippen molar-refractivity contribution in [2.75, 3.05) is 44.9 Å². The zero-order chi connectivity index (χ0) is 37.4. The summed E-state index contributed by atoms with van der Waals surface area (Å²) in [6.45, 7) is 10.2. The third kappa shape index (κ3) is 7.83. The number of hydrogen-bond acceptors (Lipinski definition) is 9. The zero-order valence-corrected chi connectivity index (χ0v) is 32.1. The maximum absolute atomic E-state index is 14.7. The van der Waals surface area contributed by atoms with Crippen LogP contribution in [0.2, 0.25) is 0 Å². The van der Waals surface area contributed by atoms with Gasteiger partial charge >= 0.3 is 6.09 Å². The van der Waals surface area contributed by atoms with Crippen LogP contribution in [0.1, 0.15) is 102 Å². The number of oxazole rings is 1.